The fraction of sp³-hybridized carbons (Fsp3) is 0.571. The molecule has 5 nitrogen and oxygen atoms in total. The van der Waals surface area contributed by atoms with Crippen LogP contribution < -0.4 is 5.32 Å². The Labute approximate surface area is 124 Å². The molecular formula is C14H20ClN3O2. The van der Waals surface area contributed by atoms with E-state index < -0.39 is 0 Å². The van der Waals surface area contributed by atoms with Crippen LogP contribution in [-0.4, -0.2) is 36.5 Å². The predicted octanol–water partition coefficient (Wildman–Crippen LogP) is 2.68. The van der Waals surface area contributed by atoms with Crippen LogP contribution in [0.1, 0.15) is 18.4 Å². The van der Waals surface area contributed by atoms with Gasteiger partial charge in [0.05, 0.1) is 4.92 Å². The lowest BCUT2D eigenvalue weighted by molar-refractivity contribution is -0.385. The van der Waals surface area contributed by atoms with Crippen LogP contribution >= 0.6 is 11.6 Å². The minimum Gasteiger partial charge on any atom is -0.317 e. The second-order valence-electron chi connectivity index (χ2n) is 5.42. The van der Waals surface area contributed by atoms with Crippen LogP contribution in [0.3, 0.4) is 0 Å². The molecule has 0 unspecified atom stereocenters. The zero-order valence-corrected chi connectivity index (χ0v) is 12.4. The van der Waals surface area contributed by atoms with Crippen molar-refractivity contribution >= 4 is 17.3 Å². The maximum Gasteiger partial charge on any atom is 0.273 e. The molecule has 0 radical (unpaired) electrons. The highest BCUT2D eigenvalue weighted by Crippen LogP contribution is 2.24. The smallest absolute Gasteiger partial charge is 0.273 e. The summed E-state index contributed by atoms with van der Waals surface area (Å²) >= 11 is 5.95. The van der Waals surface area contributed by atoms with Gasteiger partial charge in [0.25, 0.3) is 5.69 Å². The van der Waals surface area contributed by atoms with Gasteiger partial charge < -0.3 is 10.2 Å². The average molecular weight is 298 g/mol. The first kappa shape index (κ1) is 15.2. The van der Waals surface area contributed by atoms with Crippen molar-refractivity contribution in [2.24, 2.45) is 5.92 Å². The summed E-state index contributed by atoms with van der Waals surface area (Å²) in [4.78, 5) is 12.8. The number of rotatable bonds is 5. The van der Waals surface area contributed by atoms with E-state index in [1.807, 2.05) is 7.05 Å². The van der Waals surface area contributed by atoms with Gasteiger partial charge in [-0.15, -0.1) is 0 Å². The van der Waals surface area contributed by atoms with E-state index in [9.17, 15) is 10.1 Å². The number of halogens is 1. The van der Waals surface area contributed by atoms with Crippen molar-refractivity contribution in [2.75, 3.05) is 26.7 Å². The quantitative estimate of drug-likeness (QED) is 0.670. The highest BCUT2D eigenvalue weighted by Gasteiger charge is 2.18. The molecule has 1 saturated heterocycles. The van der Waals surface area contributed by atoms with Crippen molar-refractivity contribution in [1.29, 1.82) is 0 Å². The van der Waals surface area contributed by atoms with Crippen molar-refractivity contribution in [3.63, 3.8) is 0 Å². The molecule has 1 N–H and O–H groups in total. The van der Waals surface area contributed by atoms with Gasteiger partial charge in [-0.1, -0.05) is 11.6 Å². The number of nitrogens with zero attached hydrogens (tertiary/aromatic N) is 2. The number of benzene rings is 1. The van der Waals surface area contributed by atoms with E-state index >= 15 is 0 Å². The summed E-state index contributed by atoms with van der Waals surface area (Å²) < 4.78 is 0. The fourth-order valence-electron chi connectivity index (χ4n) is 2.72. The van der Waals surface area contributed by atoms with Crippen molar-refractivity contribution in [3.05, 3.63) is 38.9 Å². The minimum absolute atomic E-state index is 0.145. The zero-order valence-electron chi connectivity index (χ0n) is 11.6. The van der Waals surface area contributed by atoms with Gasteiger partial charge in [0.15, 0.2) is 0 Å². The molecule has 1 fully saturated rings. The molecule has 0 atom stereocenters. The SMILES string of the molecule is CN(Cc1cc(Cl)ccc1[N+](=O)[O-])CC1CCNCC1. The molecule has 0 saturated carbocycles. The topological polar surface area (TPSA) is 58.4 Å². The molecule has 0 amide bonds. The van der Waals surface area contributed by atoms with E-state index in [1.165, 1.54) is 18.9 Å². The van der Waals surface area contributed by atoms with Crippen LogP contribution in [0.5, 0.6) is 0 Å². The van der Waals surface area contributed by atoms with Gasteiger partial charge >= 0.3 is 0 Å². The largest absolute Gasteiger partial charge is 0.317 e. The maximum atomic E-state index is 11.0. The first-order valence-corrected chi connectivity index (χ1v) is 7.26. The highest BCUT2D eigenvalue weighted by atomic mass is 35.5. The Balaban J connectivity index is 2.00. The van der Waals surface area contributed by atoms with E-state index in [0.717, 1.165) is 19.6 Å². The number of piperidine rings is 1. The fourth-order valence-corrected chi connectivity index (χ4v) is 2.91. The zero-order chi connectivity index (χ0) is 14.5. The van der Waals surface area contributed by atoms with E-state index in [1.54, 1.807) is 12.1 Å². The molecule has 0 aliphatic carbocycles. The van der Waals surface area contributed by atoms with E-state index in [-0.39, 0.29) is 10.6 Å². The molecule has 1 aromatic carbocycles. The number of nitro groups is 1. The summed E-state index contributed by atoms with van der Waals surface area (Å²) in [7, 11) is 2.01. The third-order valence-electron chi connectivity index (χ3n) is 3.71. The Bertz CT molecular complexity index is 475. The van der Waals surface area contributed by atoms with Gasteiger partial charge in [0.2, 0.25) is 0 Å². The lowest BCUT2D eigenvalue weighted by Gasteiger charge is -2.27. The number of nitrogens with one attached hydrogen (secondary N) is 1. The summed E-state index contributed by atoms with van der Waals surface area (Å²) in [5.41, 5.74) is 0.825. The average Bonchev–Trinajstić information content (AvgIpc) is 2.39. The van der Waals surface area contributed by atoms with Crippen molar-refractivity contribution in [1.82, 2.24) is 10.2 Å². The van der Waals surface area contributed by atoms with Crippen molar-refractivity contribution in [2.45, 2.75) is 19.4 Å². The number of hydrogen-bond donors (Lipinski definition) is 1. The normalized spacial score (nSPS) is 16.6. The maximum absolute atomic E-state index is 11.0. The highest BCUT2D eigenvalue weighted by molar-refractivity contribution is 6.30. The molecule has 2 rings (SSSR count). The Kier molecular flexibility index (Phi) is 5.34. The van der Waals surface area contributed by atoms with Crippen LogP contribution in [0.2, 0.25) is 5.02 Å². The van der Waals surface area contributed by atoms with Crippen LogP contribution in [0, 0.1) is 16.0 Å². The van der Waals surface area contributed by atoms with E-state index in [4.69, 9.17) is 11.6 Å². The predicted molar refractivity (Wildman–Crippen MR) is 80.0 cm³/mol. The van der Waals surface area contributed by atoms with Gasteiger partial charge in [-0.2, -0.15) is 0 Å². The van der Waals surface area contributed by atoms with Crippen LogP contribution in [0.15, 0.2) is 18.2 Å². The van der Waals surface area contributed by atoms with E-state index in [2.05, 4.69) is 10.2 Å². The Morgan fingerprint density at radius 2 is 2.15 bits per heavy atom. The Morgan fingerprint density at radius 1 is 1.45 bits per heavy atom. The summed E-state index contributed by atoms with van der Waals surface area (Å²) in [5, 5.41) is 14.9. The molecule has 1 aliphatic rings. The summed E-state index contributed by atoms with van der Waals surface area (Å²) in [5.74, 6) is 0.666. The molecular weight excluding hydrogens is 278 g/mol. The third kappa shape index (κ3) is 4.16. The first-order valence-electron chi connectivity index (χ1n) is 6.88. The third-order valence-corrected chi connectivity index (χ3v) is 3.94. The van der Waals surface area contributed by atoms with Gasteiger partial charge in [-0.3, -0.25) is 10.1 Å². The first-order chi connectivity index (χ1) is 9.56. The van der Waals surface area contributed by atoms with Crippen molar-refractivity contribution in [3.8, 4) is 0 Å². The minimum atomic E-state index is -0.343. The molecule has 110 valence electrons. The van der Waals surface area contributed by atoms with Gasteiger partial charge in [-0.25, -0.2) is 0 Å². The monoisotopic (exact) mass is 297 g/mol. The van der Waals surface area contributed by atoms with Gasteiger partial charge in [-0.05, 0) is 51.0 Å². The lowest BCUT2D eigenvalue weighted by Crippen LogP contribution is -2.34. The molecule has 1 aromatic rings. The van der Waals surface area contributed by atoms with Crippen molar-refractivity contribution < 1.29 is 4.92 Å². The molecule has 0 spiro atoms. The standard InChI is InChI=1S/C14H20ClN3O2/c1-17(9-11-4-6-16-7-5-11)10-12-8-13(15)2-3-14(12)18(19)20/h2-3,8,11,16H,4-7,9-10H2,1H3. The molecule has 20 heavy (non-hydrogen) atoms. The van der Waals surface area contributed by atoms with Gasteiger partial charge in [0, 0.05) is 29.7 Å². The molecule has 0 aromatic heterocycles. The lowest BCUT2D eigenvalue weighted by atomic mass is 9.97. The summed E-state index contributed by atoms with van der Waals surface area (Å²) in [6, 6.07) is 4.74. The van der Waals surface area contributed by atoms with E-state index in [0.29, 0.717) is 23.0 Å². The van der Waals surface area contributed by atoms with Crippen LogP contribution in [0.4, 0.5) is 5.69 Å². The van der Waals surface area contributed by atoms with Crippen LogP contribution in [-0.2, 0) is 6.54 Å². The molecule has 1 aliphatic heterocycles. The molecule has 6 heteroatoms. The molecule has 0 bridgehead atoms. The summed E-state index contributed by atoms with van der Waals surface area (Å²) in [6.07, 6.45) is 2.34. The number of hydrogen-bond acceptors (Lipinski definition) is 4. The van der Waals surface area contributed by atoms with Gasteiger partial charge in [0.1, 0.15) is 0 Å². The second-order valence-corrected chi connectivity index (χ2v) is 5.86. The Morgan fingerprint density at radius 3 is 2.80 bits per heavy atom. The van der Waals surface area contributed by atoms with Crippen LogP contribution in [0.25, 0.3) is 0 Å². The second kappa shape index (κ2) is 7.02. The Hall–Kier alpha value is -1.17. The number of nitro benzene ring substituents is 1. The summed E-state index contributed by atoms with van der Waals surface area (Å²) in [6.45, 7) is 3.65. The molecule has 1 heterocycles.